The number of hydrogen-bond donors (Lipinski definition) is 0. The lowest BCUT2D eigenvalue weighted by atomic mass is 10.1. The van der Waals surface area contributed by atoms with E-state index in [-0.39, 0.29) is 32.2 Å². The van der Waals surface area contributed by atoms with Crippen LogP contribution >= 0.6 is 7.82 Å². The topological polar surface area (TPSA) is 94.1 Å². The minimum Gasteiger partial charge on any atom is -0.756 e. The molecule has 2 unspecified atom stereocenters. The molecule has 0 aliphatic rings. The summed E-state index contributed by atoms with van der Waals surface area (Å²) in [5.41, 5.74) is 0. The van der Waals surface area contributed by atoms with Gasteiger partial charge in [0.15, 0.2) is 0 Å². The fourth-order valence-electron chi connectivity index (χ4n) is 5.47. The van der Waals surface area contributed by atoms with E-state index in [2.05, 4.69) is 74.6 Å². The quantitative estimate of drug-likeness (QED) is 0.0202. The molecule has 8 nitrogen and oxygen atoms in total. The molecule has 0 aliphatic heterocycles. The summed E-state index contributed by atoms with van der Waals surface area (Å²) in [6, 6.07) is 0. The average molecular weight is 780 g/mol. The largest absolute Gasteiger partial charge is 0.756 e. The summed E-state index contributed by atoms with van der Waals surface area (Å²) in [6.07, 6.45) is 46.6. The molecule has 0 spiro atoms. The lowest BCUT2D eigenvalue weighted by Gasteiger charge is -2.28. The smallest absolute Gasteiger partial charge is 0.306 e. The number of rotatable bonds is 39. The minimum atomic E-state index is -4.53. The maximum atomic E-state index is 12.7. The van der Waals surface area contributed by atoms with E-state index in [1.54, 1.807) is 0 Å². The van der Waals surface area contributed by atoms with Crippen LogP contribution in [-0.4, -0.2) is 70.7 Å². The van der Waals surface area contributed by atoms with Gasteiger partial charge in [0.05, 0.1) is 34.4 Å². The van der Waals surface area contributed by atoms with Gasteiger partial charge in [0.1, 0.15) is 19.3 Å². The zero-order chi connectivity index (χ0) is 39.9. The molecule has 0 aromatic carbocycles. The van der Waals surface area contributed by atoms with Gasteiger partial charge in [-0.3, -0.25) is 9.36 Å². The molecule has 0 bridgehead atoms. The van der Waals surface area contributed by atoms with Gasteiger partial charge >= 0.3 is 5.97 Å². The molecule has 0 heterocycles. The first-order valence-corrected chi connectivity index (χ1v) is 23.0. The third-order valence-electron chi connectivity index (χ3n) is 8.80. The molecule has 0 radical (unpaired) electrons. The van der Waals surface area contributed by atoms with Crippen molar-refractivity contribution in [3.8, 4) is 0 Å². The highest BCUT2D eigenvalue weighted by atomic mass is 31.2. The highest BCUT2D eigenvalue weighted by Gasteiger charge is 2.20. The first-order valence-electron chi connectivity index (χ1n) is 21.5. The van der Waals surface area contributed by atoms with Crippen LogP contribution in [0.5, 0.6) is 0 Å². The molecule has 2 atom stereocenters. The predicted molar refractivity (Wildman–Crippen MR) is 226 cm³/mol. The van der Waals surface area contributed by atoms with Crippen LogP contribution in [0.1, 0.15) is 162 Å². The zero-order valence-electron chi connectivity index (χ0n) is 35.4. The molecule has 0 rings (SSSR count). The molecule has 0 amide bonds. The van der Waals surface area contributed by atoms with Gasteiger partial charge < -0.3 is 27.9 Å². The Bertz CT molecular complexity index is 1050. The number of carbonyl (C=O) groups excluding carboxylic acids is 1. The van der Waals surface area contributed by atoms with E-state index in [0.717, 1.165) is 89.9 Å². The second kappa shape index (κ2) is 38.1. The predicted octanol–water partition coefficient (Wildman–Crippen LogP) is 11.9. The molecule has 0 aromatic heterocycles. The number of nitrogens with zero attached hydrogens (tertiary/aromatic N) is 1. The summed E-state index contributed by atoms with van der Waals surface area (Å²) in [6.45, 7) is 5.22. The molecule has 9 heteroatoms. The molecule has 0 N–H and O–H groups in total. The van der Waals surface area contributed by atoms with Crippen molar-refractivity contribution in [2.75, 3.05) is 54.1 Å². The fraction of sp³-hybridized carbons (Fsp3) is 0.756. The maximum absolute atomic E-state index is 12.7. The number of hydrogen-bond acceptors (Lipinski definition) is 7. The van der Waals surface area contributed by atoms with Gasteiger partial charge in [-0.15, -0.1) is 0 Å². The monoisotopic (exact) mass is 780 g/mol. The second-order valence-electron chi connectivity index (χ2n) is 15.3. The van der Waals surface area contributed by atoms with Crippen molar-refractivity contribution in [3.05, 3.63) is 60.8 Å². The summed E-state index contributed by atoms with van der Waals surface area (Å²) < 4.78 is 34.5. The van der Waals surface area contributed by atoms with Crippen molar-refractivity contribution >= 4 is 13.8 Å². The molecular formula is C45H82NO7P. The maximum Gasteiger partial charge on any atom is 0.306 e. The number of likely N-dealkylation sites (N-methyl/N-ethyl adjacent to an activating group) is 1. The number of ether oxygens (including phenoxy) is 2. The van der Waals surface area contributed by atoms with Crippen molar-refractivity contribution in [1.29, 1.82) is 0 Å². The molecule has 0 fully saturated rings. The Balaban J connectivity index is 4.30. The average Bonchev–Trinajstić information content (AvgIpc) is 3.12. The number of quaternary nitrogens is 1. The van der Waals surface area contributed by atoms with Crippen LogP contribution < -0.4 is 4.89 Å². The first-order chi connectivity index (χ1) is 26.1. The summed E-state index contributed by atoms with van der Waals surface area (Å²) in [4.78, 5) is 25.0. The Morgan fingerprint density at radius 1 is 0.593 bits per heavy atom. The van der Waals surface area contributed by atoms with E-state index >= 15 is 0 Å². The van der Waals surface area contributed by atoms with E-state index in [1.165, 1.54) is 51.4 Å². The molecule has 54 heavy (non-hydrogen) atoms. The van der Waals surface area contributed by atoms with E-state index < -0.39 is 13.9 Å². The number of carbonyl (C=O) groups is 1. The van der Waals surface area contributed by atoms with Gasteiger partial charge in [0.2, 0.25) is 0 Å². The zero-order valence-corrected chi connectivity index (χ0v) is 36.3. The van der Waals surface area contributed by atoms with Crippen LogP contribution in [0.15, 0.2) is 60.8 Å². The van der Waals surface area contributed by atoms with E-state index in [4.69, 9.17) is 18.5 Å². The third-order valence-corrected chi connectivity index (χ3v) is 9.77. The van der Waals surface area contributed by atoms with Crippen molar-refractivity contribution in [3.63, 3.8) is 0 Å². The lowest BCUT2D eigenvalue weighted by molar-refractivity contribution is -0.870. The van der Waals surface area contributed by atoms with Crippen LogP contribution in [0.25, 0.3) is 0 Å². The summed E-state index contributed by atoms with van der Waals surface area (Å²) in [5.74, 6) is -0.357. The summed E-state index contributed by atoms with van der Waals surface area (Å²) in [5, 5.41) is 0. The number of phosphoric acid groups is 1. The van der Waals surface area contributed by atoms with Gasteiger partial charge in [-0.1, -0.05) is 139 Å². The number of phosphoric ester groups is 1. The van der Waals surface area contributed by atoms with Crippen molar-refractivity contribution in [1.82, 2.24) is 0 Å². The van der Waals surface area contributed by atoms with E-state index in [0.29, 0.717) is 17.6 Å². The van der Waals surface area contributed by atoms with Gasteiger partial charge in [-0.25, -0.2) is 0 Å². The minimum absolute atomic E-state index is 0.0175. The highest BCUT2D eigenvalue weighted by Crippen LogP contribution is 2.38. The molecular weight excluding hydrogens is 697 g/mol. The summed E-state index contributed by atoms with van der Waals surface area (Å²) >= 11 is 0. The Morgan fingerprint density at radius 3 is 1.61 bits per heavy atom. The van der Waals surface area contributed by atoms with E-state index in [1.807, 2.05) is 21.1 Å². The summed E-state index contributed by atoms with van der Waals surface area (Å²) in [7, 11) is 1.33. The third kappa shape index (κ3) is 41.4. The van der Waals surface area contributed by atoms with Crippen LogP contribution in [0.3, 0.4) is 0 Å². The Labute approximate surface area is 332 Å². The van der Waals surface area contributed by atoms with Crippen LogP contribution in [0, 0.1) is 0 Å². The Kier molecular flexibility index (Phi) is 36.8. The van der Waals surface area contributed by atoms with Crippen LogP contribution in [0.4, 0.5) is 0 Å². The molecule has 0 aromatic rings. The Hall–Kier alpha value is -1.80. The Morgan fingerprint density at radius 2 is 1.07 bits per heavy atom. The molecule has 0 saturated carbocycles. The van der Waals surface area contributed by atoms with Crippen LogP contribution in [0.2, 0.25) is 0 Å². The second-order valence-corrected chi connectivity index (χ2v) is 16.7. The standard InChI is InChI=1S/C45H82NO7P/c1-6-8-10-12-14-16-18-20-22-23-25-27-29-31-33-35-37-40-50-42-44(43-52-54(48,49)51-41-39-46(3,4)5)53-45(47)38-36-34-32-30-28-26-24-21-19-17-15-13-11-9-7-2/h9,11,15-18,21-24,44H,6-8,10,12-14,19-20,25-43H2,1-5H3/b11-9-,17-15-,18-16-,23-22-,24-21-. The first kappa shape index (κ1) is 52.2. The van der Waals surface area contributed by atoms with Crippen molar-refractivity contribution in [2.24, 2.45) is 0 Å². The van der Waals surface area contributed by atoms with E-state index in [9.17, 15) is 14.3 Å². The molecule has 0 saturated heterocycles. The van der Waals surface area contributed by atoms with Crippen molar-refractivity contribution in [2.45, 2.75) is 168 Å². The van der Waals surface area contributed by atoms with Gasteiger partial charge in [-0.2, -0.15) is 0 Å². The molecule has 314 valence electrons. The van der Waals surface area contributed by atoms with Gasteiger partial charge in [-0.05, 0) is 77.0 Å². The fourth-order valence-corrected chi connectivity index (χ4v) is 6.20. The highest BCUT2D eigenvalue weighted by molar-refractivity contribution is 7.45. The van der Waals surface area contributed by atoms with Gasteiger partial charge in [0, 0.05) is 13.0 Å². The van der Waals surface area contributed by atoms with Crippen molar-refractivity contribution < 1.29 is 37.3 Å². The SMILES string of the molecule is CC/C=C\C/C=C\C/C=C\CCCCCCCC(=O)OC(COCCCCCCCC/C=C\C/C=C\CCCCCC)COP(=O)([O-])OCC[N+](C)(C)C. The van der Waals surface area contributed by atoms with Gasteiger partial charge in [0.25, 0.3) is 7.82 Å². The van der Waals surface area contributed by atoms with Crippen LogP contribution in [-0.2, 0) is 27.9 Å². The lowest BCUT2D eigenvalue weighted by Crippen LogP contribution is -2.37. The molecule has 0 aliphatic carbocycles. The normalized spacial score (nSPS) is 14.4. The number of esters is 1. The number of allylic oxidation sites excluding steroid dienone is 10. The number of unbranched alkanes of at least 4 members (excludes halogenated alkanes) is 15.